The molecule has 3 aromatic carbocycles. The van der Waals surface area contributed by atoms with Crippen molar-refractivity contribution in [3.8, 4) is 11.5 Å². The van der Waals surface area contributed by atoms with Crippen LogP contribution in [0, 0.1) is 0 Å². The number of aromatic hydroxyl groups is 2. The monoisotopic (exact) mass is 492 g/mol. The predicted molar refractivity (Wildman–Crippen MR) is 114 cm³/mol. The minimum absolute atomic E-state index is 0.00464. The van der Waals surface area contributed by atoms with Crippen LogP contribution in [0.25, 0.3) is 0 Å². The first kappa shape index (κ1) is 22.0. The van der Waals surface area contributed by atoms with Crippen LogP contribution < -0.4 is 0 Å². The third kappa shape index (κ3) is 3.54. The SMILES string of the molecule is O=S(=O)(O)C(c1ccccc1)(c1ccc(Cl)c(Cl)c1)c1c(O)c(Cl)cc(O)c1Cl. The van der Waals surface area contributed by atoms with Gasteiger partial charge in [0.2, 0.25) is 0 Å². The third-order valence-electron chi connectivity index (χ3n) is 4.42. The molecule has 3 aromatic rings. The third-order valence-corrected chi connectivity index (χ3v) is 7.28. The van der Waals surface area contributed by atoms with Crippen LogP contribution >= 0.6 is 46.4 Å². The van der Waals surface area contributed by atoms with Gasteiger partial charge < -0.3 is 10.2 Å². The molecule has 0 amide bonds. The van der Waals surface area contributed by atoms with Crippen LogP contribution in [0.15, 0.2) is 54.6 Å². The smallest absolute Gasteiger partial charge is 0.283 e. The fraction of sp³-hybridized carbons (Fsp3) is 0.0526. The van der Waals surface area contributed by atoms with Gasteiger partial charge in [0.25, 0.3) is 10.1 Å². The van der Waals surface area contributed by atoms with Gasteiger partial charge in [0.15, 0.2) is 4.75 Å². The summed E-state index contributed by atoms with van der Waals surface area (Å²) in [6, 6.07) is 12.3. The van der Waals surface area contributed by atoms with Crippen LogP contribution in [0.4, 0.5) is 0 Å². The first-order valence-electron chi connectivity index (χ1n) is 7.90. The van der Waals surface area contributed by atoms with E-state index in [-0.39, 0.29) is 26.2 Å². The summed E-state index contributed by atoms with van der Waals surface area (Å²) in [6.45, 7) is 0. The molecule has 152 valence electrons. The predicted octanol–water partition coefficient (Wildman–Crippen LogP) is 5.89. The van der Waals surface area contributed by atoms with Crippen molar-refractivity contribution >= 4 is 56.5 Å². The van der Waals surface area contributed by atoms with E-state index in [2.05, 4.69) is 0 Å². The Balaban J connectivity index is 2.64. The molecule has 0 aliphatic rings. The van der Waals surface area contributed by atoms with Gasteiger partial charge in [-0.25, -0.2) is 0 Å². The summed E-state index contributed by atoms with van der Waals surface area (Å²) in [5.41, 5.74) is -0.601. The number of hydrogen-bond acceptors (Lipinski definition) is 4. The lowest BCUT2D eigenvalue weighted by atomic mass is 9.83. The van der Waals surface area contributed by atoms with Gasteiger partial charge in [-0.15, -0.1) is 0 Å². The van der Waals surface area contributed by atoms with Gasteiger partial charge in [0, 0.05) is 6.07 Å². The van der Waals surface area contributed by atoms with E-state index in [0.29, 0.717) is 0 Å². The maximum Gasteiger partial charge on any atom is 0.283 e. The van der Waals surface area contributed by atoms with Crippen LogP contribution in [0.1, 0.15) is 16.7 Å². The fourth-order valence-electron chi connectivity index (χ4n) is 3.19. The molecule has 0 bridgehead atoms. The van der Waals surface area contributed by atoms with E-state index >= 15 is 0 Å². The maximum atomic E-state index is 13.0. The molecule has 0 aromatic heterocycles. The fourth-order valence-corrected chi connectivity index (χ4v) is 5.35. The lowest BCUT2D eigenvalue weighted by molar-refractivity contribution is 0.435. The average Bonchev–Trinajstić information content (AvgIpc) is 2.65. The van der Waals surface area contributed by atoms with Gasteiger partial charge >= 0.3 is 0 Å². The van der Waals surface area contributed by atoms with E-state index in [1.165, 1.54) is 42.5 Å². The topological polar surface area (TPSA) is 94.8 Å². The first-order chi connectivity index (χ1) is 13.5. The highest BCUT2D eigenvalue weighted by Crippen LogP contribution is 2.54. The van der Waals surface area contributed by atoms with Crippen molar-refractivity contribution in [1.29, 1.82) is 0 Å². The van der Waals surface area contributed by atoms with E-state index in [1.54, 1.807) is 6.07 Å². The lowest BCUT2D eigenvalue weighted by Gasteiger charge is -2.34. The Morgan fingerprint density at radius 2 is 1.38 bits per heavy atom. The molecule has 29 heavy (non-hydrogen) atoms. The number of phenolic OH excluding ortho intramolecular Hbond substituents is 2. The second-order valence-electron chi connectivity index (χ2n) is 6.07. The molecule has 3 N–H and O–H groups in total. The lowest BCUT2D eigenvalue weighted by Crippen LogP contribution is -2.38. The molecular weight excluding hydrogens is 482 g/mol. The second-order valence-corrected chi connectivity index (χ2v) is 9.23. The Labute approximate surface area is 186 Å². The Morgan fingerprint density at radius 3 is 1.93 bits per heavy atom. The molecule has 0 heterocycles. The van der Waals surface area contributed by atoms with E-state index < -0.39 is 37.0 Å². The highest BCUT2D eigenvalue weighted by molar-refractivity contribution is 7.87. The van der Waals surface area contributed by atoms with Gasteiger partial charge in [-0.3, -0.25) is 4.55 Å². The van der Waals surface area contributed by atoms with Crippen molar-refractivity contribution in [2.75, 3.05) is 0 Å². The van der Waals surface area contributed by atoms with E-state index in [0.717, 1.165) is 6.07 Å². The normalized spacial score (nSPS) is 13.8. The van der Waals surface area contributed by atoms with Crippen molar-refractivity contribution in [2.24, 2.45) is 0 Å². The number of hydrogen-bond donors (Lipinski definition) is 3. The molecule has 0 radical (unpaired) electrons. The van der Waals surface area contributed by atoms with Crippen molar-refractivity contribution in [3.63, 3.8) is 0 Å². The van der Waals surface area contributed by atoms with E-state index in [9.17, 15) is 23.2 Å². The zero-order chi connectivity index (χ0) is 21.6. The summed E-state index contributed by atoms with van der Waals surface area (Å²) in [5, 5.41) is 20.1. The molecule has 3 rings (SSSR count). The Morgan fingerprint density at radius 1 is 0.759 bits per heavy atom. The second kappa shape index (κ2) is 7.87. The molecule has 0 aliphatic carbocycles. The first-order valence-corrected chi connectivity index (χ1v) is 10.9. The molecule has 0 spiro atoms. The molecule has 1 atom stereocenters. The minimum Gasteiger partial charge on any atom is -0.506 e. The Bertz CT molecular complexity index is 1170. The zero-order valence-corrected chi connectivity index (χ0v) is 18.1. The zero-order valence-electron chi connectivity index (χ0n) is 14.3. The van der Waals surface area contributed by atoms with Crippen molar-refractivity contribution in [1.82, 2.24) is 0 Å². The van der Waals surface area contributed by atoms with Crippen LogP contribution in [0.3, 0.4) is 0 Å². The highest BCUT2D eigenvalue weighted by atomic mass is 35.5. The minimum atomic E-state index is -5.11. The Hall–Kier alpha value is -1.67. The number of halogens is 4. The molecule has 5 nitrogen and oxygen atoms in total. The molecule has 1 unspecified atom stereocenters. The van der Waals surface area contributed by atoms with Gasteiger partial charge in [-0.2, -0.15) is 8.42 Å². The summed E-state index contributed by atoms with van der Waals surface area (Å²) >= 11 is 24.3. The average molecular weight is 494 g/mol. The molecule has 0 aliphatic heterocycles. The number of phenols is 2. The summed E-state index contributed by atoms with van der Waals surface area (Å²) < 4.78 is 33.9. The van der Waals surface area contributed by atoms with Crippen LogP contribution in [-0.4, -0.2) is 23.2 Å². The van der Waals surface area contributed by atoms with Gasteiger partial charge in [0.05, 0.1) is 25.7 Å². The quantitative estimate of drug-likeness (QED) is 0.239. The van der Waals surface area contributed by atoms with Gasteiger partial charge in [0.1, 0.15) is 11.5 Å². The summed E-state index contributed by atoms with van der Waals surface area (Å²) in [4.78, 5) is 0. The van der Waals surface area contributed by atoms with E-state index in [1.807, 2.05) is 0 Å². The molecule has 0 saturated carbocycles. The Kier molecular flexibility index (Phi) is 5.98. The van der Waals surface area contributed by atoms with Crippen molar-refractivity contribution in [2.45, 2.75) is 4.75 Å². The van der Waals surface area contributed by atoms with Crippen LogP contribution in [0.5, 0.6) is 11.5 Å². The summed E-state index contributed by atoms with van der Waals surface area (Å²) in [6.07, 6.45) is 0. The van der Waals surface area contributed by atoms with Crippen LogP contribution in [0.2, 0.25) is 20.1 Å². The van der Waals surface area contributed by atoms with Crippen molar-refractivity contribution < 1.29 is 23.2 Å². The highest BCUT2D eigenvalue weighted by Gasteiger charge is 2.52. The van der Waals surface area contributed by atoms with Crippen LogP contribution in [-0.2, 0) is 14.9 Å². The summed E-state index contributed by atoms with van der Waals surface area (Å²) in [5.74, 6) is -1.32. The van der Waals surface area contributed by atoms with Gasteiger partial charge in [-0.1, -0.05) is 82.8 Å². The molecule has 0 saturated heterocycles. The standard InChI is InChI=1S/C19H12Cl4O5S/c20-12-7-6-11(8-13(12)21)19(29(26,27)28,10-4-2-1-3-5-10)16-17(23)15(24)9-14(22)18(16)25/h1-9,24-25H,(H,26,27,28). The van der Waals surface area contributed by atoms with Gasteiger partial charge in [-0.05, 0) is 23.3 Å². The maximum absolute atomic E-state index is 13.0. The van der Waals surface area contributed by atoms with E-state index in [4.69, 9.17) is 46.4 Å². The largest absolute Gasteiger partial charge is 0.506 e. The summed E-state index contributed by atoms with van der Waals surface area (Å²) in [7, 11) is -5.11. The van der Waals surface area contributed by atoms with Crippen molar-refractivity contribution in [3.05, 3.63) is 91.4 Å². The number of benzene rings is 3. The molecule has 0 fully saturated rings. The molecule has 10 heteroatoms. The number of rotatable bonds is 4. The molecular formula is C19H12Cl4O5S.